The van der Waals surface area contributed by atoms with Crippen molar-refractivity contribution in [3.63, 3.8) is 0 Å². The smallest absolute Gasteiger partial charge is 0.339 e. The van der Waals surface area contributed by atoms with Crippen LogP contribution in [0.25, 0.3) is 0 Å². The Bertz CT molecular complexity index is 726. The Hall–Kier alpha value is -1.95. The van der Waals surface area contributed by atoms with Crippen LogP contribution in [-0.2, 0) is 0 Å². The summed E-state index contributed by atoms with van der Waals surface area (Å²) in [4.78, 5) is 11.7. The van der Waals surface area contributed by atoms with Gasteiger partial charge in [-0.15, -0.1) is 0 Å². The van der Waals surface area contributed by atoms with E-state index in [1.807, 2.05) is 6.92 Å². The lowest BCUT2D eigenvalue weighted by atomic mass is 10.2. The quantitative estimate of drug-likeness (QED) is 0.548. The zero-order valence-electron chi connectivity index (χ0n) is 12.6. The third-order valence-electron chi connectivity index (χ3n) is 2.79. The highest BCUT2D eigenvalue weighted by Gasteiger charge is 2.08. The van der Waals surface area contributed by atoms with Crippen LogP contribution in [0.1, 0.15) is 12.5 Å². The van der Waals surface area contributed by atoms with Crippen molar-refractivity contribution >= 4 is 52.7 Å². The summed E-state index contributed by atoms with van der Waals surface area (Å²) in [5.41, 5.74) is 3.56. The van der Waals surface area contributed by atoms with Gasteiger partial charge >= 0.3 is 6.03 Å². The zero-order chi connectivity index (χ0) is 17.5. The molecule has 2 amide bonds. The molecule has 0 aliphatic rings. The summed E-state index contributed by atoms with van der Waals surface area (Å²) >= 11 is 18.0. The van der Waals surface area contributed by atoms with E-state index >= 15 is 0 Å². The monoisotopic (exact) mass is 385 g/mol. The molecule has 0 fully saturated rings. The van der Waals surface area contributed by atoms with Gasteiger partial charge < -0.3 is 10.1 Å². The van der Waals surface area contributed by atoms with Crippen molar-refractivity contribution in [3.05, 3.63) is 57.0 Å². The number of urea groups is 1. The third kappa shape index (κ3) is 5.30. The maximum absolute atomic E-state index is 11.7. The van der Waals surface area contributed by atoms with E-state index in [2.05, 4.69) is 15.8 Å². The van der Waals surface area contributed by atoms with Crippen molar-refractivity contribution in [1.82, 2.24) is 5.43 Å². The van der Waals surface area contributed by atoms with Crippen molar-refractivity contribution in [1.29, 1.82) is 0 Å². The third-order valence-corrected chi connectivity index (χ3v) is 3.60. The van der Waals surface area contributed by atoms with E-state index < -0.39 is 6.03 Å². The summed E-state index contributed by atoms with van der Waals surface area (Å²) < 4.78 is 5.34. The second-order valence-electron chi connectivity index (χ2n) is 4.58. The van der Waals surface area contributed by atoms with Crippen LogP contribution in [-0.4, -0.2) is 18.9 Å². The molecule has 0 unspecified atom stereocenters. The van der Waals surface area contributed by atoms with Crippen LogP contribution in [0, 0.1) is 0 Å². The summed E-state index contributed by atoms with van der Waals surface area (Å²) in [7, 11) is 0. The van der Waals surface area contributed by atoms with Crippen LogP contribution in [0.15, 0.2) is 41.5 Å². The number of nitrogens with zero attached hydrogens (tertiary/aromatic N) is 1. The first kappa shape index (κ1) is 18.4. The van der Waals surface area contributed by atoms with Gasteiger partial charge in [0.2, 0.25) is 0 Å². The first-order valence-electron chi connectivity index (χ1n) is 6.97. The predicted molar refractivity (Wildman–Crippen MR) is 98.8 cm³/mol. The zero-order valence-corrected chi connectivity index (χ0v) is 14.9. The standard InChI is InChI=1S/C16H14Cl3N3O2/c1-2-24-15-13(18)7-10(8-14(15)19)9-20-22-16(23)21-12-5-3-11(17)4-6-12/h3-9H,2H2,1H3,(H2,21,22,23)/b20-9-. The Morgan fingerprint density at radius 1 is 1.17 bits per heavy atom. The van der Waals surface area contributed by atoms with Gasteiger partial charge in [-0.2, -0.15) is 5.10 Å². The van der Waals surface area contributed by atoms with Crippen LogP contribution < -0.4 is 15.5 Å². The number of amides is 2. The normalized spacial score (nSPS) is 10.7. The number of ether oxygens (including phenoxy) is 1. The van der Waals surface area contributed by atoms with E-state index in [0.29, 0.717) is 38.7 Å². The van der Waals surface area contributed by atoms with Crippen LogP contribution >= 0.6 is 34.8 Å². The maximum atomic E-state index is 11.7. The maximum Gasteiger partial charge on any atom is 0.339 e. The lowest BCUT2D eigenvalue weighted by Crippen LogP contribution is -2.24. The largest absolute Gasteiger partial charge is 0.491 e. The summed E-state index contributed by atoms with van der Waals surface area (Å²) in [5.74, 6) is 0.423. The summed E-state index contributed by atoms with van der Waals surface area (Å²) in [6, 6.07) is 9.49. The molecule has 24 heavy (non-hydrogen) atoms. The lowest BCUT2D eigenvalue weighted by Gasteiger charge is -2.08. The van der Waals surface area contributed by atoms with Crippen molar-refractivity contribution < 1.29 is 9.53 Å². The van der Waals surface area contributed by atoms with Crippen LogP contribution in [0.5, 0.6) is 5.75 Å². The fourth-order valence-electron chi connectivity index (χ4n) is 1.79. The van der Waals surface area contributed by atoms with Crippen LogP contribution in [0.2, 0.25) is 15.1 Å². The highest BCUT2D eigenvalue weighted by Crippen LogP contribution is 2.33. The Labute approximate surface area is 154 Å². The molecule has 126 valence electrons. The number of carbonyl (C=O) groups excluding carboxylic acids is 1. The highest BCUT2D eigenvalue weighted by atomic mass is 35.5. The fourth-order valence-corrected chi connectivity index (χ4v) is 2.53. The number of hydrogen-bond donors (Lipinski definition) is 2. The van der Waals surface area contributed by atoms with E-state index in [4.69, 9.17) is 39.5 Å². The molecule has 0 radical (unpaired) electrons. The minimum absolute atomic E-state index is 0.372. The molecule has 0 atom stereocenters. The van der Waals surface area contributed by atoms with Crippen LogP contribution in [0.3, 0.4) is 0 Å². The topological polar surface area (TPSA) is 62.7 Å². The van der Waals surface area contributed by atoms with Gasteiger partial charge in [0.25, 0.3) is 0 Å². The molecule has 0 saturated heterocycles. The average Bonchev–Trinajstić information content (AvgIpc) is 2.53. The molecule has 0 bridgehead atoms. The molecule has 0 aliphatic heterocycles. The van der Waals surface area contributed by atoms with E-state index in [9.17, 15) is 4.79 Å². The first-order chi connectivity index (χ1) is 11.5. The second kappa shape index (κ2) is 8.78. The van der Waals surface area contributed by atoms with Gasteiger partial charge in [-0.25, -0.2) is 10.2 Å². The molecule has 2 aromatic rings. The van der Waals surface area contributed by atoms with Gasteiger partial charge in [0.1, 0.15) is 0 Å². The Balaban J connectivity index is 1.96. The summed E-state index contributed by atoms with van der Waals surface area (Å²) in [5, 5.41) is 7.78. The van der Waals surface area contributed by atoms with E-state index in [1.54, 1.807) is 36.4 Å². The number of hydrazone groups is 1. The van der Waals surface area contributed by atoms with Crippen molar-refractivity contribution in [2.24, 2.45) is 5.10 Å². The van der Waals surface area contributed by atoms with Crippen molar-refractivity contribution in [3.8, 4) is 5.75 Å². The summed E-state index contributed by atoms with van der Waals surface area (Å²) in [6.07, 6.45) is 1.43. The molecular weight excluding hydrogens is 373 g/mol. The molecule has 5 nitrogen and oxygen atoms in total. The summed E-state index contributed by atoms with van der Waals surface area (Å²) in [6.45, 7) is 2.30. The van der Waals surface area contributed by atoms with E-state index in [0.717, 1.165) is 0 Å². The molecule has 2 N–H and O–H groups in total. The molecule has 0 aliphatic carbocycles. The Morgan fingerprint density at radius 2 is 1.79 bits per heavy atom. The minimum Gasteiger partial charge on any atom is -0.491 e. The Kier molecular flexibility index (Phi) is 6.73. The molecule has 2 aromatic carbocycles. The number of carbonyl (C=O) groups is 1. The number of halogens is 3. The first-order valence-corrected chi connectivity index (χ1v) is 8.10. The fraction of sp³-hybridized carbons (Fsp3) is 0.125. The Morgan fingerprint density at radius 3 is 2.38 bits per heavy atom. The van der Waals surface area contributed by atoms with Gasteiger partial charge in [-0.1, -0.05) is 34.8 Å². The van der Waals surface area contributed by atoms with Crippen LogP contribution in [0.4, 0.5) is 10.5 Å². The number of nitrogens with one attached hydrogen (secondary N) is 2. The SMILES string of the molecule is CCOc1c(Cl)cc(/C=N\NC(=O)Nc2ccc(Cl)cc2)cc1Cl. The van der Waals surface area contributed by atoms with Gasteiger partial charge in [0.15, 0.2) is 5.75 Å². The number of anilines is 1. The average molecular weight is 387 g/mol. The number of benzene rings is 2. The molecule has 0 heterocycles. The number of rotatable bonds is 5. The lowest BCUT2D eigenvalue weighted by molar-refractivity contribution is 0.252. The predicted octanol–water partition coefficient (Wildman–Crippen LogP) is 5.20. The van der Waals surface area contributed by atoms with Crippen molar-refractivity contribution in [2.45, 2.75) is 6.92 Å². The molecule has 2 rings (SSSR count). The second-order valence-corrected chi connectivity index (χ2v) is 5.83. The molecule has 0 aromatic heterocycles. The van der Waals surface area contributed by atoms with Crippen molar-refractivity contribution in [2.75, 3.05) is 11.9 Å². The molecule has 0 spiro atoms. The highest BCUT2D eigenvalue weighted by molar-refractivity contribution is 6.37. The number of hydrogen-bond acceptors (Lipinski definition) is 3. The van der Waals surface area contributed by atoms with Gasteiger partial charge in [-0.3, -0.25) is 0 Å². The molecule has 8 heteroatoms. The van der Waals surface area contributed by atoms with E-state index in [-0.39, 0.29) is 0 Å². The molecular formula is C16H14Cl3N3O2. The van der Waals surface area contributed by atoms with E-state index in [1.165, 1.54) is 6.21 Å². The minimum atomic E-state index is -0.489. The molecule has 0 saturated carbocycles. The van der Waals surface area contributed by atoms with Gasteiger partial charge in [0.05, 0.1) is 22.9 Å². The van der Waals surface area contributed by atoms with Gasteiger partial charge in [-0.05, 0) is 48.9 Å². The van der Waals surface area contributed by atoms with Gasteiger partial charge in [0, 0.05) is 10.7 Å².